The lowest BCUT2D eigenvalue weighted by Gasteiger charge is -2.10. The highest BCUT2D eigenvalue weighted by Gasteiger charge is 2.12. The maximum atomic E-state index is 11.6. The topological polar surface area (TPSA) is 71.7 Å². The zero-order valence-electron chi connectivity index (χ0n) is 10.6. The summed E-state index contributed by atoms with van der Waals surface area (Å²) in [6.07, 6.45) is 0.608. The Hall–Kier alpha value is -1.79. The molecule has 0 spiro atoms. The third-order valence-electron chi connectivity index (χ3n) is 2.53. The first-order chi connectivity index (χ1) is 9.65. The van der Waals surface area contributed by atoms with Gasteiger partial charge < -0.3 is 19.6 Å². The van der Waals surface area contributed by atoms with Crippen LogP contribution >= 0.6 is 15.9 Å². The van der Waals surface area contributed by atoms with Crippen molar-refractivity contribution < 1.29 is 19.1 Å². The van der Waals surface area contributed by atoms with Gasteiger partial charge in [0.2, 0.25) is 0 Å². The molecule has 1 heterocycles. The molecule has 0 saturated heterocycles. The molecule has 0 bridgehead atoms. The summed E-state index contributed by atoms with van der Waals surface area (Å²) in [4.78, 5) is 11.6. The zero-order valence-corrected chi connectivity index (χ0v) is 12.2. The second-order valence-corrected chi connectivity index (χ2v) is 5.00. The number of aliphatic hydroxyl groups excluding tert-OH is 1. The van der Waals surface area contributed by atoms with Crippen LogP contribution in [0.15, 0.2) is 51.6 Å². The van der Waals surface area contributed by atoms with E-state index in [1.807, 2.05) is 12.1 Å². The summed E-state index contributed by atoms with van der Waals surface area (Å²) < 4.78 is 11.2. The maximum Gasteiger partial charge on any atom is 0.258 e. The van der Waals surface area contributed by atoms with Crippen molar-refractivity contribution in [2.75, 3.05) is 13.2 Å². The van der Waals surface area contributed by atoms with E-state index in [9.17, 15) is 9.90 Å². The Bertz CT molecular complexity index is 556. The van der Waals surface area contributed by atoms with E-state index in [4.69, 9.17) is 9.15 Å². The quantitative estimate of drug-likeness (QED) is 0.846. The Morgan fingerprint density at radius 3 is 2.95 bits per heavy atom. The monoisotopic (exact) mass is 339 g/mol. The van der Waals surface area contributed by atoms with E-state index < -0.39 is 6.10 Å². The van der Waals surface area contributed by atoms with Crippen LogP contribution in [0.1, 0.15) is 11.9 Å². The second-order valence-electron chi connectivity index (χ2n) is 4.08. The normalized spacial score (nSPS) is 11.9. The van der Waals surface area contributed by atoms with Gasteiger partial charge in [0.1, 0.15) is 17.6 Å². The van der Waals surface area contributed by atoms with Crippen LogP contribution < -0.4 is 10.1 Å². The highest BCUT2D eigenvalue weighted by Crippen LogP contribution is 2.17. The summed E-state index contributed by atoms with van der Waals surface area (Å²) in [7, 11) is 0. The number of benzene rings is 1. The Morgan fingerprint density at radius 2 is 2.25 bits per heavy atom. The van der Waals surface area contributed by atoms with Crippen molar-refractivity contribution in [3.8, 4) is 5.75 Å². The first kappa shape index (κ1) is 14.6. The van der Waals surface area contributed by atoms with Crippen molar-refractivity contribution in [2.24, 2.45) is 0 Å². The molecule has 0 aliphatic rings. The summed E-state index contributed by atoms with van der Waals surface area (Å²) in [5, 5.41) is 12.3. The number of carbonyl (C=O) groups excluding carboxylic acids is 1. The van der Waals surface area contributed by atoms with E-state index >= 15 is 0 Å². The molecule has 0 aliphatic carbocycles. The standard InChI is InChI=1S/C14H14BrNO4/c15-10-3-1-4-11(7-10)20-9-14(18)16-8-12(17)13-5-2-6-19-13/h1-7,12,17H,8-9H2,(H,16,18). The Labute approximate surface area is 124 Å². The van der Waals surface area contributed by atoms with Gasteiger partial charge in [0.05, 0.1) is 12.8 Å². The molecule has 20 heavy (non-hydrogen) atoms. The van der Waals surface area contributed by atoms with Crippen LogP contribution in [0, 0.1) is 0 Å². The summed E-state index contributed by atoms with van der Waals surface area (Å²) in [6, 6.07) is 10.5. The van der Waals surface area contributed by atoms with Crippen LogP contribution in [0.4, 0.5) is 0 Å². The van der Waals surface area contributed by atoms with Crippen LogP contribution in [-0.2, 0) is 4.79 Å². The SMILES string of the molecule is O=C(COc1cccc(Br)c1)NCC(O)c1ccco1. The molecule has 0 radical (unpaired) electrons. The van der Waals surface area contributed by atoms with E-state index in [-0.39, 0.29) is 19.1 Å². The average Bonchev–Trinajstić information content (AvgIpc) is 2.97. The predicted octanol–water partition coefficient (Wildman–Crippen LogP) is 2.27. The van der Waals surface area contributed by atoms with Crippen molar-refractivity contribution in [3.05, 3.63) is 52.9 Å². The molecule has 1 amide bonds. The summed E-state index contributed by atoms with van der Waals surface area (Å²) >= 11 is 3.32. The van der Waals surface area contributed by atoms with Gasteiger partial charge >= 0.3 is 0 Å². The van der Waals surface area contributed by atoms with Gasteiger partial charge in [-0.05, 0) is 30.3 Å². The molecule has 106 valence electrons. The number of carbonyl (C=O) groups is 1. The number of ether oxygens (including phenoxy) is 1. The van der Waals surface area contributed by atoms with Gasteiger partial charge in [-0.15, -0.1) is 0 Å². The van der Waals surface area contributed by atoms with Crippen molar-refractivity contribution in [1.29, 1.82) is 0 Å². The fraction of sp³-hybridized carbons (Fsp3) is 0.214. The first-order valence-corrected chi connectivity index (χ1v) is 6.81. The molecular weight excluding hydrogens is 326 g/mol. The fourth-order valence-electron chi connectivity index (χ4n) is 1.55. The molecular formula is C14H14BrNO4. The van der Waals surface area contributed by atoms with E-state index in [0.717, 1.165) is 4.47 Å². The predicted molar refractivity (Wildman–Crippen MR) is 76.3 cm³/mol. The third kappa shape index (κ3) is 4.40. The van der Waals surface area contributed by atoms with Crippen molar-refractivity contribution in [2.45, 2.75) is 6.10 Å². The molecule has 1 aromatic heterocycles. The highest BCUT2D eigenvalue weighted by molar-refractivity contribution is 9.10. The van der Waals surface area contributed by atoms with E-state index in [0.29, 0.717) is 11.5 Å². The number of hydrogen-bond acceptors (Lipinski definition) is 4. The van der Waals surface area contributed by atoms with E-state index in [2.05, 4.69) is 21.2 Å². The highest BCUT2D eigenvalue weighted by atomic mass is 79.9. The average molecular weight is 340 g/mol. The van der Waals surface area contributed by atoms with Crippen LogP contribution in [0.3, 0.4) is 0 Å². The maximum absolute atomic E-state index is 11.6. The van der Waals surface area contributed by atoms with E-state index in [1.54, 1.807) is 24.3 Å². The smallest absolute Gasteiger partial charge is 0.258 e. The van der Waals surface area contributed by atoms with Crippen LogP contribution in [0.25, 0.3) is 0 Å². The lowest BCUT2D eigenvalue weighted by atomic mass is 10.3. The Morgan fingerprint density at radius 1 is 1.40 bits per heavy atom. The number of amides is 1. The number of halogens is 1. The lowest BCUT2D eigenvalue weighted by Crippen LogP contribution is -2.32. The van der Waals surface area contributed by atoms with Crippen LogP contribution in [-0.4, -0.2) is 24.2 Å². The first-order valence-electron chi connectivity index (χ1n) is 6.01. The summed E-state index contributed by atoms with van der Waals surface area (Å²) in [5.41, 5.74) is 0. The van der Waals surface area contributed by atoms with Gasteiger partial charge in [-0.3, -0.25) is 4.79 Å². The van der Waals surface area contributed by atoms with Crippen LogP contribution in [0.5, 0.6) is 5.75 Å². The van der Waals surface area contributed by atoms with E-state index in [1.165, 1.54) is 6.26 Å². The Kier molecular flexibility index (Phi) is 5.20. The number of aliphatic hydroxyl groups is 1. The molecule has 6 heteroatoms. The number of rotatable bonds is 6. The van der Waals surface area contributed by atoms with Crippen LogP contribution in [0.2, 0.25) is 0 Å². The second kappa shape index (κ2) is 7.12. The van der Waals surface area contributed by atoms with Gasteiger partial charge in [-0.25, -0.2) is 0 Å². The lowest BCUT2D eigenvalue weighted by molar-refractivity contribution is -0.123. The molecule has 5 nitrogen and oxygen atoms in total. The molecule has 2 N–H and O–H groups in total. The van der Waals surface area contributed by atoms with Crippen molar-refractivity contribution in [3.63, 3.8) is 0 Å². The van der Waals surface area contributed by atoms with Crippen molar-refractivity contribution in [1.82, 2.24) is 5.32 Å². The van der Waals surface area contributed by atoms with Gasteiger partial charge in [0.15, 0.2) is 6.61 Å². The number of nitrogens with one attached hydrogen (secondary N) is 1. The van der Waals surface area contributed by atoms with Gasteiger partial charge in [-0.2, -0.15) is 0 Å². The fourth-order valence-corrected chi connectivity index (χ4v) is 1.93. The van der Waals surface area contributed by atoms with Gasteiger partial charge in [0.25, 0.3) is 5.91 Å². The minimum atomic E-state index is -0.861. The number of hydrogen-bond donors (Lipinski definition) is 2. The molecule has 0 fully saturated rings. The summed E-state index contributed by atoms with van der Waals surface area (Å²) in [5.74, 6) is 0.704. The molecule has 1 aromatic carbocycles. The molecule has 1 atom stereocenters. The van der Waals surface area contributed by atoms with Gasteiger partial charge in [0, 0.05) is 4.47 Å². The molecule has 1 unspecified atom stereocenters. The number of furan rings is 1. The van der Waals surface area contributed by atoms with Gasteiger partial charge in [-0.1, -0.05) is 22.0 Å². The largest absolute Gasteiger partial charge is 0.484 e. The zero-order chi connectivity index (χ0) is 14.4. The molecule has 2 rings (SSSR count). The minimum absolute atomic E-state index is 0.0776. The molecule has 2 aromatic rings. The molecule has 0 saturated carbocycles. The van der Waals surface area contributed by atoms with Crippen molar-refractivity contribution >= 4 is 21.8 Å². The molecule has 0 aliphatic heterocycles. The third-order valence-corrected chi connectivity index (χ3v) is 3.02. The minimum Gasteiger partial charge on any atom is -0.484 e. The summed E-state index contributed by atoms with van der Waals surface area (Å²) in [6.45, 7) is -0.0322. The Balaban J connectivity index is 1.73.